The number of aliphatic imine (C=N–C) groups is 1. The predicted octanol–water partition coefficient (Wildman–Crippen LogP) is 2.99. The molecule has 0 saturated carbocycles. The molecule has 3 N–H and O–H groups in total. The molecule has 0 spiro atoms. The fraction of sp³-hybridized carbons (Fsp3) is 0.476. The van der Waals surface area contributed by atoms with E-state index in [1.54, 1.807) is 7.05 Å². The summed E-state index contributed by atoms with van der Waals surface area (Å²) in [5, 5.41) is 14.0. The molecule has 0 aliphatic heterocycles. The molecule has 0 saturated heterocycles. The lowest BCUT2D eigenvalue weighted by atomic mass is 10.2. The molecule has 0 radical (unpaired) electrons. The zero-order chi connectivity index (χ0) is 20.4. The van der Waals surface area contributed by atoms with Crippen molar-refractivity contribution in [1.29, 1.82) is 0 Å². The average Bonchev–Trinajstić information content (AvgIpc) is 2.98. The summed E-state index contributed by atoms with van der Waals surface area (Å²) in [5.41, 5.74) is 4.15. The highest BCUT2D eigenvalue weighted by molar-refractivity contribution is 5.90. The fourth-order valence-corrected chi connectivity index (χ4v) is 2.95. The van der Waals surface area contributed by atoms with Gasteiger partial charge in [0.1, 0.15) is 0 Å². The first kappa shape index (κ1) is 21.5. The van der Waals surface area contributed by atoms with Crippen molar-refractivity contribution < 1.29 is 4.79 Å². The molecule has 0 atom stereocenters. The summed E-state index contributed by atoms with van der Waals surface area (Å²) in [7, 11) is 1.76. The van der Waals surface area contributed by atoms with Crippen LogP contribution in [0.15, 0.2) is 35.3 Å². The molecule has 0 aliphatic rings. The maximum Gasteiger partial charge on any atom is 0.224 e. The summed E-state index contributed by atoms with van der Waals surface area (Å²) >= 11 is 0. The maximum atomic E-state index is 11.7. The van der Waals surface area contributed by atoms with E-state index in [0.717, 1.165) is 48.8 Å². The van der Waals surface area contributed by atoms with Crippen molar-refractivity contribution in [3.63, 3.8) is 0 Å². The number of carbonyl (C=O) groups is 1. The highest BCUT2D eigenvalue weighted by Gasteiger charge is 2.04. The van der Waals surface area contributed by atoms with Crippen LogP contribution in [0.3, 0.4) is 0 Å². The Morgan fingerprint density at radius 2 is 2.04 bits per heavy atom. The second-order valence-corrected chi connectivity index (χ2v) is 6.85. The standard InChI is InChI=1S/C21H32N6O/c1-5-8-20(28)25-19-10-6-9-18(14-19)15-24-21(22-4)23-11-7-12-27-17(3)13-16(2)26-27/h6,9-10,13-14H,5,7-8,11-12,15H2,1-4H3,(H,25,28)(H2,22,23,24). The van der Waals surface area contributed by atoms with Gasteiger partial charge in [0.2, 0.25) is 5.91 Å². The van der Waals surface area contributed by atoms with Crippen molar-refractivity contribution in [2.24, 2.45) is 4.99 Å². The minimum atomic E-state index is 0.0488. The van der Waals surface area contributed by atoms with E-state index in [0.29, 0.717) is 13.0 Å². The number of guanidine groups is 1. The van der Waals surface area contributed by atoms with Crippen LogP contribution in [0.2, 0.25) is 0 Å². The topological polar surface area (TPSA) is 83.3 Å². The van der Waals surface area contributed by atoms with Crippen LogP contribution < -0.4 is 16.0 Å². The number of nitrogens with one attached hydrogen (secondary N) is 3. The van der Waals surface area contributed by atoms with Crippen molar-refractivity contribution in [3.8, 4) is 0 Å². The third kappa shape index (κ3) is 7.06. The number of amides is 1. The minimum absolute atomic E-state index is 0.0488. The molecule has 2 rings (SSSR count). The summed E-state index contributed by atoms with van der Waals surface area (Å²) in [6.07, 6.45) is 2.34. The first-order valence-electron chi connectivity index (χ1n) is 9.86. The molecule has 0 bridgehead atoms. The molecule has 1 aromatic carbocycles. The van der Waals surface area contributed by atoms with E-state index in [9.17, 15) is 4.79 Å². The largest absolute Gasteiger partial charge is 0.356 e. The van der Waals surface area contributed by atoms with Crippen LogP contribution in [0.5, 0.6) is 0 Å². The molecule has 152 valence electrons. The third-order valence-corrected chi connectivity index (χ3v) is 4.31. The lowest BCUT2D eigenvalue weighted by Crippen LogP contribution is -2.37. The van der Waals surface area contributed by atoms with E-state index in [4.69, 9.17) is 0 Å². The smallest absolute Gasteiger partial charge is 0.224 e. The van der Waals surface area contributed by atoms with Gasteiger partial charge in [-0.1, -0.05) is 19.1 Å². The minimum Gasteiger partial charge on any atom is -0.356 e. The SMILES string of the molecule is CCCC(=O)Nc1cccc(CNC(=NC)NCCCn2nc(C)cc2C)c1. The molecule has 2 aromatic rings. The summed E-state index contributed by atoms with van der Waals surface area (Å²) in [5.74, 6) is 0.807. The summed E-state index contributed by atoms with van der Waals surface area (Å²) in [6, 6.07) is 9.95. The van der Waals surface area contributed by atoms with Crippen molar-refractivity contribution in [2.45, 2.75) is 53.1 Å². The first-order chi connectivity index (χ1) is 13.5. The summed E-state index contributed by atoms with van der Waals surface area (Å²) < 4.78 is 2.03. The Bertz CT molecular complexity index is 796. The van der Waals surface area contributed by atoms with Crippen LogP contribution in [0.25, 0.3) is 0 Å². The van der Waals surface area contributed by atoms with E-state index in [1.165, 1.54) is 5.69 Å². The number of hydrogen-bond acceptors (Lipinski definition) is 3. The van der Waals surface area contributed by atoms with Gasteiger partial charge in [-0.3, -0.25) is 14.5 Å². The first-order valence-corrected chi connectivity index (χ1v) is 9.86. The van der Waals surface area contributed by atoms with Gasteiger partial charge in [-0.25, -0.2) is 0 Å². The zero-order valence-electron chi connectivity index (χ0n) is 17.4. The number of nitrogens with zero attached hydrogens (tertiary/aromatic N) is 3. The lowest BCUT2D eigenvalue weighted by Gasteiger charge is -2.13. The van der Waals surface area contributed by atoms with E-state index in [2.05, 4.69) is 39.0 Å². The number of benzene rings is 1. The Balaban J connectivity index is 1.75. The van der Waals surface area contributed by atoms with Crippen molar-refractivity contribution >= 4 is 17.6 Å². The van der Waals surface area contributed by atoms with Crippen LogP contribution in [0.4, 0.5) is 5.69 Å². The van der Waals surface area contributed by atoms with Crippen LogP contribution in [0.1, 0.15) is 43.1 Å². The number of aryl methyl sites for hydroxylation is 3. The number of aromatic nitrogens is 2. The van der Waals surface area contributed by atoms with Gasteiger partial charge >= 0.3 is 0 Å². The molecule has 7 heteroatoms. The fourth-order valence-electron chi connectivity index (χ4n) is 2.95. The molecule has 1 amide bonds. The highest BCUT2D eigenvalue weighted by atomic mass is 16.1. The van der Waals surface area contributed by atoms with Crippen LogP contribution in [-0.2, 0) is 17.9 Å². The normalized spacial score (nSPS) is 11.4. The summed E-state index contributed by atoms with van der Waals surface area (Å²) in [4.78, 5) is 16.0. The van der Waals surface area contributed by atoms with Gasteiger partial charge in [0, 0.05) is 44.5 Å². The van der Waals surface area contributed by atoms with Crippen LogP contribution >= 0.6 is 0 Å². The Kier molecular flexibility index (Phi) is 8.52. The Morgan fingerprint density at radius 1 is 1.21 bits per heavy atom. The third-order valence-electron chi connectivity index (χ3n) is 4.31. The molecule has 0 unspecified atom stereocenters. The zero-order valence-corrected chi connectivity index (χ0v) is 17.4. The molecular weight excluding hydrogens is 352 g/mol. The molecular formula is C21H32N6O. The van der Waals surface area contributed by atoms with Gasteiger partial charge < -0.3 is 16.0 Å². The van der Waals surface area contributed by atoms with Gasteiger partial charge in [0.25, 0.3) is 0 Å². The van der Waals surface area contributed by atoms with Gasteiger partial charge in [-0.2, -0.15) is 5.10 Å². The number of hydrogen-bond donors (Lipinski definition) is 3. The molecule has 1 aromatic heterocycles. The van der Waals surface area contributed by atoms with Crippen LogP contribution in [0, 0.1) is 13.8 Å². The van der Waals surface area contributed by atoms with E-state index < -0.39 is 0 Å². The number of anilines is 1. The van der Waals surface area contributed by atoms with E-state index >= 15 is 0 Å². The molecule has 28 heavy (non-hydrogen) atoms. The number of carbonyl (C=O) groups excluding carboxylic acids is 1. The van der Waals surface area contributed by atoms with Gasteiger partial charge in [-0.05, 0) is 50.5 Å². The van der Waals surface area contributed by atoms with Crippen molar-refractivity contribution in [3.05, 3.63) is 47.3 Å². The highest BCUT2D eigenvalue weighted by Crippen LogP contribution is 2.11. The summed E-state index contributed by atoms with van der Waals surface area (Å²) in [6.45, 7) is 8.41. The molecule has 1 heterocycles. The van der Waals surface area contributed by atoms with Gasteiger partial charge in [0.05, 0.1) is 5.69 Å². The van der Waals surface area contributed by atoms with Gasteiger partial charge in [0.15, 0.2) is 5.96 Å². The Morgan fingerprint density at radius 3 is 2.71 bits per heavy atom. The second kappa shape index (κ2) is 11.1. The maximum absolute atomic E-state index is 11.7. The van der Waals surface area contributed by atoms with E-state index in [-0.39, 0.29) is 5.91 Å². The monoisotopic (exact) mass is 384 g/mol. The van der Waals surface area contributed by atoms with Crippen molar-refractivity contribution in [2.75, 3.05) is 18.9 Å². The van der Waals surface area contributed by atoms with Crippen LogP contribution in [-0.4, -0.2) is 35.2 Å². The predicted molar refractivity (Wildman–Crippen MR) is 114 cm³/mol. The van der Waals surface area contributed by atoms with E-state index in [1.807, 2.05) is 42.8 Å². The Hall–Kier alpha value is -2.83. The average molecular weight is 385 g/mol. The quantitative estimate of drug-likeness (QED) is 0.353. The second-order valence-electron chi connectivity index (χ2n) is 6.85. The van der Waals surface area contributed by atoms with Crippen molar-refractivity contribution in [1.82, 2.24) is 20.4 Å². The molecule has 7 nitrogen and oxygen atoms in total. The number of rotatable bonds is 9. The molecule has 0 fully saturated rings. The van der Waals surface area contributed by atoms with Gasteiger partial charge in [-0.15, -0.1) is 0 Å². The molecule has 0 aliphatic carbocycles. The Labute approximate surface area is 167 Å². The lowest BCUT2D eigenvalue weighted by molar-refractivity contribution is -0.116.